The van der Waals surface area contributed by atoms with Crippen molar-refractivity contribution < 1.29 is 9.47 Å². The molecule has 0 aliphatic rings. The topological polar surface area (TPSA) is 58.1 Å². The van der Waals surface area contributed by atoms with Crippen LogP contribution in [0.3, 0.4) is 0 Å². The third-order valence-electron chi connectivity index (χ3n) is 4.32. The third kappa shape index (κ3) is 7.95. The number of nitrogens with zero attached hydrogens (tertiary/aromatic N) is 2. The Labute approximate surface area is 159 Å². The van der Waals surface area contributed by atoms with E-state index in [9.17, 15) is 0 Å². The van der Waals surface area contributed by atoms with Crippen LogP contribution in [0.15, 0.2) is 23.2 Å². The predicted molar refractivity (Wildman–Crippen MR) is 109 cm³/mol. The van der Waals surface area contributed by atoms with E-state index in [1.54, 1.807) is 14.2 Å². The first-order chi connectivity index (χ1) is 12.5. The molecule has 1 aromatic carbocycles. The van der Waals surface area contributed by atoms with Crippen molar-refractivity contribution in [2.75, 3.05) is 40.9 Å². The first kappa shape index (κ1) is 22.1. The van der Waals surface area contributed by atoms with Gasteiger partial charge in [-0.05, 0) is 64.9 Å². The lowest BCUT2D eigenvalue weighted by Gasteiger charge is -2.20. The number of nitrogens with one attached hydrogen (secondary N) is 2. The molecule has 26 heavy (non-hydrogen) atoms. The van der Waals surface area contributed by atoms with E-state index < -0.39 is 0 Å². The lowest BCUT2D eigenvalue weighted by molar-refractivity contribution is 0.268. The van der Waals surface area contributed by atoms with Crippen molar-refractivity contribution in [1.82, 2.24) is 15.5 Å². The zero-order valence-electron chi connectivity index (χ0n) is 17.3. The molecular weight excluding hydrogens is 328 g/mol. The molecule has 6 nitrogen and oxygen atoms in total. The van der Waals surface area contributed by atoms with Gasteiger partial charge >= 0.3 is 0 Å². The number of guanidine groups is 1. The smallest absolute Gasteiger partial charge is 0.191 e. The Hall–Kier alpha value is -1.95. The molecule has 1 rings (SSSR count). The molecular formula is C20H36N4O2. The van der Waals surface area contributed by atoms with Crippen LogP contribution in [-0.2, 0) is 6.54 Å². The van der Waals surface area contributed by atoms with E-state index in [0.717, 1.165) is 49.1 Å². The van der Waals surface area contributed by atoms with Crippen molar-refractivity contribution in [3.8, 4) is 11.5 Å². The lowest BCUT2D eigenvalue weighted by Crippen LogP contribution is -2.38. The van der Waals surface area contributed by atoms with E-state index in [4.69, 9.17) is 9.47 Å². The van der Waals surface area contributed by atoms with Crippen LogP contribution in [0, 0.1) is 0 Å². The molecule has 0 heterocycles. The van der Waals surface area contributed by atoms with E-state index in [2.05, 4.69) is 48.3 Å². The van der Waals surface area contributed by atoms with Gasteiger partial charge in [-0.25, -0.2) is 4.99 Å². The van der Waals surface area contributed by atoms with E-state index in [0.29, 0.717) is 12.6 Å². The first-order valence-electron chi connectivity index (χ1n) is 9.45. The van der Waals surface area contributed by atoms with Crippen LogP contribution in [0.25, 0.3) is 0 Å². The summed E-state index contributed by atoms with van der Waals surface area (Å²) in [4.78, 5) is 7.03. The monoisotopic (exact) mass is 364 g/mol. The Balaban J connectivity index is 2.50. The summed E-state index contributed by atoms with van der Waals surface area (Å²) in [5.41, 5.74) is 1.08. The molecule has 0 unspecified atom stereocenters. The van der Waals surface area contributed by atoms with Crippen molar-refractivity contribution in [3.63, 3.8) is 0 Å². The molecule has 0 aromatic heterocycles. The van der Waals surface area contributed by atoms with Crippen molar-refractivity contribution >= 4 is 5.96 Å². The maximum atomic E-state index is 5.35. The van der Waals surface area contributed by atoms with E-state index in [-0.39, 0.29) is 0 Å². The summed E-state index contributed by atoms with van der Waals surface area (Å²) in [6, 6.07) is 6.49. The minimum absolute atomic E-state index is 0.589. The van der Waals surface area contributed by atoms with Gasteiger partial charge in [0.25, 0.3) is 0 Å². The van der Waals surface area contributed by atoms with Crippen molar-refractivity contribution in [2.45, 2.75) is 46.2 Å². The van der Waals surface area contributed by atoms with Gasteiger partial charge < -0.3 is 25.0 Å². The Morgan fingerprint density at radius 1 is 1.12 bits per heavy atom. The summed E-state index contributed by atoms with van der Waals surface area (Å²) in [6.07, 6.45) is 2.30. The molecule has 0 bridgehead atoms. The highest BCUT2D eigenvalue weighted by atomic mass is 16.5. The molecule has 0 radical (unpaired) electrons. The Morgan fingerprint density at radius 2 is 1.85 bits per heavy atom. The van der Waals surface area contributed by atoms with E-state index >= 15 is 0 Å². The fourth-order valence-electron chi connectivity index (χ4n) is 2.44. The van der Waals surface area contributed by atoms with Gasteiger partial charge in [-0.1, -0.05) is 6.07 Å². The van der Waals surface area contributed by atoms with Crippen LogP contribution < -0.4 is 20.1 Å². The zero-order valence-corrected chi connectivity index (χ0v) is 17.3. The SMILES string of the molecule is CCNC(=NCc1ccc(OC)c(OC)c1)NCCCCN(C)C(C)C. The molecule has 6 heteroatoms. The van der Waals surface area contributed by atoms with Crippen LogP contribution in [0.5, 0.6) is 11.5 Å². The molecule has 0 saturated heterocycles. The summed E-state index contributed by atoms with van der Waals surface area (Å²) in [5, 5.41) is 6.70. The number of unbranched alkanes of at least 4 members (excludes halogenated alkanes) is 1. The molecule has 0 aliphatic carbocycles. The van der Waals surface area contributed by atoms with Crippen molar-refractivity contribution in [3.05, 3.63) is 23.8 Å². The minimum Gasteiger partial charge on any atom is -0.493 e. The van der Waals surface area contributed by atoms with Crippen LogP contribution in [0.2, 0.25) is 0 Å². The summed E-state index contributed by atoms with van der Waals surface area (Å²) in [5.74, 6) is 2.31. The maximum absolute atomic E-state index is 5.35. The van der Waals surface area contributed by atoms with Crippen LogP contribution in [0.4, 0.5) is 0 Å². The average Bonchev–Trinajstić information content (AvgIpc) is 2.64. The summed E-state index contributed by atoms with van der Waals surface area (Å²) in [7, 11) is 5.46. The summed E-state index contributed by atoms with van der Waals surface area (Å²) in [6.45, 7) is 10.00. The molecule has 0 amide bonds. The molecule has 2 N–H and O–H groups in total. The Kier molecular flexibility index (Phi) is 10.5. The van der Waals surface area contributed by atoms with Gasteiger partial charge in [0.05, 0.1) is 20.8 Å². The fraction of sp³-hybridized carbons (Fsp3) is 0.650. The predicted octanol–water partition coefficient (Wildman–Crippen LogP) is 2.88. The second-order valence-electron chi connectivity index (χ2n) is 6.59. The molecule has 0 atom stereocenters. The lowest BCUT2D eigenvalue weighted by atomic mass is 10.2. The Morgan fingerprint density at radius 3 is 2.46 bits per heavy atom. The molecule has 0 fully saturated rings. The van der Waals surface area contributed by atoms with E-state index in [1.165, 1.54) is 6.42 Å². The number of methoxy groups -OCH3 is 2. The number of ether oxygens (including phenoxy) is 2. The second kappa shape index (κ2) is 12.4. The van der Waals surface area contributed by atoms with Crippen LogP contribution >= 0.6 is 0 Å². The standard InChI is InChI=1S/C20H36N4O2/c1-7-21-20(22-12-8-9-13-24(4)16(2)3)23-15-17-10-11-18(25-5)19(14-17)26-6/h10-11,14,16H,7-9,12-13,15H2,1-6H3,(H2,21,22,23). The highest BCUT2D eigenvalue weighted by Crippen LogP contribution is 2.27. The van der Waals surface area contributed by atoms with Gasteiger partial charge in [-0.3, -0.25) is 0 Å². The van der Waals surface area contributed by atoms with Gasteiger partial charge in [0.1, 0.15) is 0 Å². The number of hydrogen-bond acceptors (Lipinski definition) is 4. The number of hydrogen-bond donors (Lipinski definition) is 2. The molecule has 148 valence electrons. The highest BCUT2D eigenvalue weighted by Gasteiger charge is 2.05. The summed E-state index contributed by atoms with van der Waals surface area (Å²) >= 11 is 0. The largest absolute Gasteiger partial charge is 0.493 e. The first-order valence-corrected chi connectivity index (χ1v) is 9.45. The van der Waals surface area contributed by atoms with Crippen LogP contribution in [0.1, 0.15) is 39.2 Å². The second-order valence-corrected chi connectivity index (χ2v) is 6.59. The van der Waals surface area contributed by atoms with Crippen molar-refractivity contribution in [2.24, 2.45) is 4.99 Å². The highest BCUT2D eigenvalue weighted by molar-refractivity contribution is 5.79. The normalized spacial score (nSPS) is 11.8. The quantitative estimate of drug-likeness (QED) is 0.359. The maximum Gasteiger partial charge on any atom is 0.191 e. The number of benzene rings is 1. The van der Waals surface area contributed by atoms with E-state index in [1.807, 2.05) is 18.2 Å². The van der Waals surface area contributed by atoms with Gasteiger partial charge in [-0.15, -0.1) is 0 Å². The average molecular weight is 365 g/mol. The molecule has 0 aliphatic heterocycles. The van der Waals surface area contributed by atoms with Gasteiger partial charge in [0.15, 0.2) is 17.5 Å². The molecule has 0 saturated carbocycles. The number of aliphatic imine (C=N–C) groups is 1. The summed E-state index contributed by atoms with van der Waals surface area (Å²) < 4.78 is 10.6. The van der Waals surface area contributed by atoms with Gasteiger partial charge in [0.2, 0.25) is 0 Å². The fourth-order valence-corrected chi connectivity index (χ4v) is 2.44. The minimum atomic E-state index is 0.589. The zero-order chi connectivity index (χ0) is 19.4. The van der Waals surface area contributed by atoms with Gasteiger partial charge in [0, 0.05) is 19.1 Å². The van der Waals surface area contributed by atoms with Gasteiger partial charge in [-0.2, -0.15) is 0 Å². The Bertz CT molecular complexity index is 547. The molecule has 1 aromatic rings. The number of rotatable bonds is 11. The third-order valence-corrected chi connectivity index (χ3v) is 4.32. The van der Waals surface area contributed by atoms with Crippen molar-refractivity contribution in [1.29, 1.82) is 0 Å². The molecule has 0 spiro atoms. The van der Waals surface area contributed by atoms with Crippen LogP contribution in [-0.4, -0.2) is 57.8 Å².